The lowest BCUT2D eigenvalue weighted by Gasteiger charge is -2.52. The van der Waals surface area contributed by atoms with Gasteiger partial charge in [0.05, 0.1) is 24.5 Å². The quantitative estimate of drug-likeness (QED) is 0.248. The van der Waals surface area contributed by atoms with Crippen LogP contribution in [0.4, 0.5) is 4.79 Å². The Morgan fingerprint density at radius 3 is 2.28 bits per heavy atom. The summed E-state index contributed by atoms with van der Waals surface area (Å²) in [6.45, 7) is 7.51. The Morgan fingerprint density at radius 1 is 0.887 bits per heavy atom. The van der Waals surface area contributed by atoms with Crippen LogP contribution in [0.5, 0.6) is 0 Å². The standard InChI is InChI=1S/C43H51N5O5/c1-30-13-12-14-32(27-30)19-20-36-40(48-38(29-53-43(48)52)34-17-8-4-9-18-34)42(51)47(36)37(41(50)44-31(2)33-15-6-3-7-16-33)28-39(49)46-25-21-35(22-26-46)45-23-10-5-11-24-45/h3-4,6-9,12-20,27,31,35-38,40H,5,10-11,21-26,28-29H2,1-2H3,(H,44,50)/b20-19+/t31-,36-,37-,38-,40+/m1/s1. The molecule has 10 nitrogen and oxygen atoms in total. The van der Waals surface area contributed by atoms with E-state index in [1.165, 1.54) is 29.1 Å². The van der Waals surface area contributed by atoms with Gasteiger partial charge in [-0.25, -0.2) is 4.79 Å². The molecule has 53 heavy (non-hydrogen) atoms. The van der Waals surface area contributed by atoms with E-state index in [-0.39, 0.29) is 30.9 Å². The Morgan fingerprint density at radius 2 is 1.58 bits per heavy atom. The van der Waals surface area contributed by atoms with E-state index in [2.05, 4.69) is 10.2 Å². The van der Waals surface area contributed by atoms with E-state index < -0.39 is 36.2 Å². The van der Waals surface area contributed by atoms with Crippen LogP contribution < -0.4 is 5.32 Å². The van der Waals surface area contributed by atoms with Crippen molar-refractivity contribution in [2.45, 2.75) is 88.6 Å². The highest BCUT2D eigenvalue weighted by Gasteiger charge is 2.58. The molecule has 0 unspecified atom stereocenters. The number of ether oxygens (including phenoxy) is 1. The lowest BCUT2D eigenvalue weighted by atomic mass is 9.87. The minimum Gasteiger partial charge on any atom is -0.447 e. The second-order valence-electron chi connectivity index (χ2n) is 14.9. The molecule has 0 spiro atoms. The zero-order valence-corrected chi connectivity index (χ0v) is 30.8. The molecule has 0 radical (unpaired) electrons. The molecule has 4 amide bonds. The second kappa shape index (κ2) is 16.4. The maximum absolute atomic E-state index is 14.6. The van der Waals surface area contributed by atoms with Crippen LogP contribution >= 0.6 is 0 Å². The van der Waals surface area contributed by atoms with Crippen molar-refractivity contribution in [1.29, 1.82) is 0 Å². The summed E-state index contributed by atoms with van der Waals surface area (Å²) < 4.78 is 5.55. The summed E-state index contributed by atoms with van der Waals surface area (Å²) in [6, 6.07) is 24.2. The van der Waals surface area contributed by atoms with Crippen molar-refractivity contribution < 1.29 is 23.9 Å². The highest BCUT2D eigenvalue weighted by Crippen LogP contribution is 2.39. The molecular weight excluding hydrogens is 667 g/mol. The van der Waals surface area contributed by atoms with Crippen LogP contribution in [0.15, 0.2) is 91.0 Å². The van der Waals surface area contributed by atoms with Crippen molar-refractivity contribution in [3.05, 3.63) is 113 Å². The third kappa shape index (κ3) is 8.03. The molecule has 0 aromatic heterocycles. The molecule has 4 saturated heterocycles. The number of hydrogen-bond donors (Lipinski definition) is 1. The fourth-order valence-corrected chi connectivity index (χ4v) is 8.52. The molecule has 0 aliphatic carbocycles. The van der Waals surface area contributed by atoms with Crippen molar-refractivity contribution >= 4 is 29.9 Å². The highest BCUT2D eigenvalue weighted by molar-refractivity contribution is 5.99. The molecule has 278 valence electrons. The number of aryl methyl sites for hydroxylation is 1. The molecule has 4 heterocycles. The second-order valence-corrected chi connectivity index (χ2v) is 14.9. The van der Waals surface area contributed by atoms with Crippen molar-refractivity contribution in [3.8, 4) is 0 Å². The third-order valence-electron chi connectivity index (χ3n) is 11.5. The molecule has 10 heteroatoms. The zero-order valence-electron chi connectivity index (χ0n) is 30.8. The zero-order chi connectivity index (χ0) is 36.9. The average molecular weight is 718 g/mol. The number of amides is 4. The third-order valence-corrected chi connectivity index (χ3v) is 11.5. The SMILES string of the molecule is Cc1cccc(/C=C/[C@@H]2[C@H](N3C(=O)OC[C@@H]3c3ccccc3)C(=O)N2[C@H](CC(=O)N2CCC(N3CCCCC3)CC2)C(=O)N[C@H](C)c2ccccc2)c1. The normalized spacial score (nSPS) is 23.8. The van der Waals surface area contributed by atoms with Crippen LogP contribution in [0.1, 0.15) is 79.8 Å². The fourth-order valence-electron chi connectivity index (χ4n) is 8.52. The Labute approximate surface area is 312 Å². The van der Waals surface area contributed by atoms with Gasteiger partial charge in [0.1, 0.15) is 18.7 Å². The Bertz CT molecular complexity index is 1790. The number of β-lactam (4-membered cyclic amide) rings is 1. The molecule has 5 atom stereocenters. The number of nitrogens with zero attached hydrogens (tertiary/aromatic N) is 4. The van der Waals surface area contributed by atoms with E-state index >= 15 is 0 Å². The Hall–Kier alpha value is -4.96. The number of piperidine rings is 2. The number of carbonyl (C=O) groups is 4. The molecule has 3 aromatic rings. The highest BCUT2D eigenvalue weighted by atomic mass is 16.6. The maximum atomic E-state index is 14.6. The first-order valence-electron chi connectivity index (χ1n) is 19.2. The predicted octanol–water partition coefficient (Wildman–Crippen LogP) is 5.89. The van der Waals surface area contributed by atoms with Gasteiger partial charge in [-0.15, -0.1) is 0 Å². The van der Waals surface area contributed by atoms with Crippen LogP contribution in [-0.4, -0.2) is 100 Å². The first-order chi connectivity index (χ1) is 25.8. The topological polar surface area (TPSA) is 102 Å². The molecule has 1 N–H and O–H groups in total. The van der Waals surface area contributed by atoms with Gasteiger partial charge in [-0.2, -0.15) is 0 Å². The molecule has 3 aromatic carbocycles. The van der Waals surface area contributed by atoms with Gasteiger partial charge in [0.2, 0.25) is 17.7 Å². The molecule has 4 fully saturated rings. The van der Waals surface area contributed by atoms with Gasteiger partial charge < -0.3 is 24.8 Å². The molecule has 7 rings (SSSR count). The monoisotopic (exact) mass is 717 g/mol. The Balaban J connectivity index is 1.18. The summed E-state index contributed by atoms with van der Waals surface area (Å²) in [4.78, 5) is 64.0. The summed E-state index contributed by atoms with van der Waals surface area (Å²) >= 11 is 0. The van der Waals surface area contributed by atoms with Crippen LogP contribution in [-0.2, 0) is 19.1 Å². The van der Waals surface area contributed by atoms with Gasteiger partial charge in [-0.1, -0.05) is 109 Å². The van der Waals surface area contributed by atoms with Gasteiger partial charge >= 0.3 is 6.09 Å². The van der Waals surface area contributed by atoms with Crippen molar-refractivity contribution in [2.75, 3.05) is 32.8 Å². The maximum Gasteiger partial charge on any atom is 0.411 e. The Kier molecular flexibility index (Phi) is 11.2. The number of likely N-dealkylation sites (tertiary alicyclic amines) is 3. The molecule has 0 bridgehead atoms. The van der Waals surface area contributed by atoms with Crippen LogP contribution in [0.2, 0.25) is 0 Å². The van der Waals surface area contributed by atoms with Gasteiger partial charge in [-0.3, -0.25) is 19.3 Å². The van der Waals surface area contributed by atoms with E-state index in [1.807, 2.05) is 116 Å². The fraction of sp³-hybridized carbons (Fsp3) is 0.442. The van der Waals surface area contributed by atoms with E-state index in [9.17, 15) is 19.2 Å². The first kappa shape index (κ1) is 36.4. The molecule has 0 saturated carbocycles. The van der Waals surface area contributed by atoms with Crippen LogP contribution in [0.3, 0.4) is 0 Å². The van der Waals surface area contributed by atoms with Crippen molar-refractivity contribution in [3.63, 3.8) is 0 Å². The molecular formula is C43H51N5O5. The van der Waals surface area contributed by atoms with E-state index in [0.29, 0.717) is 19.1 Å². The van der Waals surface area contributed by atoms with Crippen molar-refractivity contribution in [1.82, 2.24) is 24.9 Å². The van der Waals surface area contributed by atoms with Crippen LogP contribution in [0.25, 0.3) is 6.08 Å². The average Bonchev–Trinajstić information content (AvgIpc) is 3.56. The van der Waals surface area contributed by atoms with Crippen LogP contribution in [0, 0.1) is 6.92 Å². The summed E-state index contributed by atoms with van der Waals surface area (Å²) in [5, 5.41) is 3.11. The van der Waals surface area contributed by atoms with Crippen molar-refractivity contribution in [2.24, 2.45) is 0 Å². The van der Waals surface area contributed by atoms with Gasteiger partial charge in [0, 0.05) is 19.1 Å². The largest absolute Gasteiger partial charge is 0.447 e. The van der Waals surface area contributed by atoms with Gasteiger partial charge in [0.25, 0.3) is 0 Å². The summed E-state index contributed by atoms with van der Waals surface area (Å²) in [7, 11) is 0. The number of nitrogens with one attached hydrogen (secondary N) is 1. The number of rotatable bonds is 11. The minimum atomic E-state index is -1.09. The van der Waals surface area contributed by atoms with Gasteiger partial charge in [0.15, 0.2) is 0 Å². The lowest BCUT2D eigenvalue weighted by molar-refractivity contribution is -0.164. The minimum absolute atomic E-state index is 0.116. The number of carbonyl (C=O) groups excluding carboxylic acids is 4. The predicted molar refractivity (Wildman–Crippen MR) is 203 cm³/mol. The smallest absolute Gasteiger partial charge is 0.411 e. The number of hydrogen-bond acceptors (Lipinski definition) is 6. The number of cyclic esters (lactones) is 1. The first-order valence-corrected chi connectivity index (χ1v) is 19.2. The van der Waals surface area contributed by atoms with E-state index in [4.69, 9.17) is 4.74 Å². The summed E-state index contributed by atoms with van der Waals surface area (Å²) in [5.41, 5.74) is 3.79. The summed E-state index contributed by atoms with van der Waals surface area (Å²) in [6.07, 6.45) is 8.63. The lowest BCUT2D eigenvalue weighted by Crippen LogP contribution is -2.74. The summed E-state index contributed by atoms with van der Waals surface area (Å²) in [5.74, 6) is -0.926. The van der Waals surface area contributed by atoms with E-state index in [1.54, 1.807) is 0 Å². The van der Waals surface area contributed by atoms with Gasteiger partial charge in [-0.05, 0) is 69.3 Å². The molecule has 4 aliphatic heterocycles. The molecule has 4 aliphatic rings. The number of benzene rings is 3. The van der Waals surface area contributed by atoms with E-state index in [0.717, 1.165) is 48.2 Å².